The van der Waals surface area contributed by atoms with Crippen LogP contribution in [0.3, 0.4) is 0 Å². The molecule has 2 aromatic rings. The monoisotopic (exact) mass is 203 g/mol. The number of aryl methyl sites for hydroxylation is 1. The lowest BCUT2D eigenvalue weighted by Crippen LogP contribution is -2.17. The molecule has 0 aliphatic rings. The van der Waals surface area contributed by atoms with E-state index in [9.17, 15) is 0 Å². The summed E-state index contributed by atoms with van der Waals surface area (Å²) in [5.74, 6) is 0. The summed E-state index contributed by atoms with van der Waals surface area (Å²) in [6, 6.07) is 5.87. The van der Waals surface area contributed by atoms with Crippen LogP contribution in [0.2, 0.25) is 0 Å². The summed E-state index contributed by atoms with van der Waals surface area (Å²) in [5, 5.41) is 5.57. The minimum Gasteiger partial charge on any atom is -0.398 e. The molecule has 0 spiro atoms. The van der Waals surface area contributed by atoms with Gasteiger partial charge in [-0.05, 0) is 12.1 Å². The Bertz CT molecular complexity index is 503. The molecule has 1 aromatic carbocycles. The van der Waals surface area contributed by atoms with Gasteiger partial charge in [-0.1, -0.05) is 26.8 Å². The van der Waals surface area contributed by atoms with Crippen molar-refractivity contribution in [2.45, 2.75) is 26.2 Å². The van der Waals surface area contributed by atoms with Gasteiger partial charge in [-0.2, -0.15) is 5.10 Å². The highest BCUT2D eigenvalue weighted by Crippen LogP contribution is 2.32. The molecule has 0 atom stereocenters. The molecule has 80 valence electrons. The first-order valence-corrected chi connectivity index (χ1v) is 5.13. The Balaban J connectivity index is 2.89. The van der Waals surface area contributed by atoms with E-state index in [1.807, 2.05) is 29.9 Å². The number of anilines is 1. The number of hydrogen-bond acceptors (Lipinski definition) is 2. The third kappa shape index (κ3) is 1.48. The van der Waals surface area contributed by atoms with E-state index in [4.69, 9.17) is 5.73 Å². The van der Waals surface area contributed by atoms with E-state index in [0.717, 1.165) is 16.6 Å². The maximum Gasteiger partial charge on any atom is 0.0947 e. The molecule has 3 nitrogen and oxygen atoms in total. The van der Waals surface area contributed by atoms with Crippen molar-refractivity contribution in [1.82, 2.24) is 9.78 Å². The smallest absolute Gasteiger partial charge is 0.0947 e. The van der Waals surface area contributed by atoms with Crippen molar-refractivity contribution in [3.63, 3.8) is 0 Å². The summed E-state index contributed by atoms with van der Waals surface area (Å²) >= 11 is 0. The second-order valence-corrected chi connectivity index (χ2v) is 4.96. The molecule has 0 unspecified atom stereocenters. The maximum atomic E-state index is 6.01. The molecule has 0 aliphatic carbocycles. The van der Waals surface area contributed by atoms with E-state index in [1.165, 1.54) is 5.69 Å². The SMILES string of the molecule is Cn1nc2cccc(N)c2c1C(C)(C)C. The fourth-order valence-corrected chi connectivity index (χ4v) is 2.13. The number of rotatable bonds is 0. The fraction of sp³-hybridized carbons (Fsp3) is 0.417. The van der Waals surface area contributed by atoms with Gasteiger partial charge < -0.3 is 5.73 Å². The van der Waals surface area contributed by atoms with Crippen LogP contribution in [0.1, 0.15) is 26.5 Å². The minimum atomic E-state index is 0.0545. The molecule has 0 saturated carbocycles. The Morgan fingerprint density at radius 1 is 1.27 bits per heavy atom. The molecule has 0 saturated heterocycles. The van der Waals surface area contributed by atoms with Gasteiger partial charge >= 0.3 is 0 Å². The Morgan fingerprint density at radius 2 is 1.93 bits per heavy atom. The Labute approximate surface area is 89.9 Å². The van der Waals surface area contributed by atoms with Gasteiger partial charge in [0.25, 0.3) is 0 Å². The second kappa shape index (κ2) is 2.99. The zero-order valence-electron chi connectivity index (χ0n) is 9.70. The van der Waals surface area contributed by atoms with E-state index >= 15 is 0 Å². The molecule has 0 radical (unpaired) electrons. The summed E-state index contributed by atoms with van der Waals surface area (Å²) in [4.78, 5) is 0. The molecule has 2 rings (SSSR count). The van der Waals surface area contributed by atoms with Gasteiger partial charge in [0.15, 0.2) is 0 Å². The lowest BCUT2D eigenvalue weighted by atomic mass is 9.89. The van der Waals surface area contributed by atoms with Crippen LogP contribution in [0, 0.1) is 0 Å². The number of nitrogens with zero attached hydrogens (tertiary/aromatic N) is 2. The largest absolute Gasteiger partial charge is 0.398 e. The number of fused-ring (bicyclic) bond motifs is 1. The van der Waals surface area contributed by atoms with Gasteiger partial charge in [0, 0.05) is 23.5 Å². The number of aromatic nitrogens is 2. The van der Waals surface area contributed by atoms with Crippen LogP contribution in [0.25, 0.3) is 10.9 Å². The van der Waals surface area contributed by atoms with Gasteiger partial charge in [0.2, 0.25) is 0 Å². The van der Waals surface area contributed by atoms with Crippen LogP contribution in [0.5, 0.6) is 0 Å². The van der Waals surface area contributed by atoms with Crippen molar-refractivity contribution in [3.8, 4) is 0 Å². The molecular formula is C12H17N3. The lowest BCUT2D eigenvalue weighted by Gasteiger charge is -2.19. The molecule has 1 aromatic heterocycles. The van der Waals surface area contributed by atoms with E-state index in [-0.39, 0.29) is 5.41 Å². The average Bonchev–Trinajstić information content (AvgIpc) is 2.41. The average molecular weight is 203 g/mol. The molecule has 0 aliphatic heterocycles. The predicted octanol–water partition coefficient (Wildman–Crippen LogP) is 2.45. The summed E-state index contributed by atoms with van der Waals surface area (Å²) in [6.07, 6.45) is 0. The highest BCUT2D eigenvalue weighted by atomic mass is 15.3. The van der Waals surface area contributed by atoms with Crippen LogP contribution in [-0.2, 0) is 12.5 Å². The summed E-state index contributed by atoms with van der Waals surface area (Å²) in [5.41, 5.74) is 9.04. The molecule has 0 amide bonds. The van der Waals surface area contributed by atoms with Gasteiger partial charge in [0.1, 0.15) is 0 Å². The first kappa shape index (κ1) is 10.0. The number of benzene rings is 1. The van der Waals surface area contributed by atoms with Crippen molar-refractivity contribution < 1.29 is 0 Å². The summed E-state index contributed by atoms with van der Waals surface area (Å²) < 4.78 is 1.93. The van der Waals surface area contributed by atoms with E-state index in [1.54, 1.807) is 0 Å². The Kier molecular flexibility index (Phi) is 2.00. The first-order valence-electron chi connectivity index (χ1n) is 5.13. The van der Waals surface area contributed by atoms with Crippen molar-refractivity contribution in [2.24, 2.45) is 7.05 Å². The van der Waals surface area contributed by atoms with E-state index < -0.39 is 0 Å². The Hall–Kier alpha value is -1.51. The number of hydrogen-bond donors (Lipinski definition) is 1. The van der Waals surface area contributed by atoms with Crippen molar-refractivity contribution in [3.05, 3.63) is 23.9 Å². The van der Waals surface area contributed by atoms with Gasteiger partial charge in [-0.25, -0.2) is 0 Å². The van der Waals surface area contributed by atoms with Crippen LogP contribution in [-0.4, -0.2) is 9.78 Å². The van der Waals surface area contributed by atoms with Crippen LogP contribution >= 0.6 is 0 Å². The van der Waals surface area contributed by atoms with Crippen molar-refractivity contribution >= 4 is 16.6 Å². The third-order valence-corrected chi connectivity index (χ3v) is 2.60. The predicted molar refractivity (Wildman–Crippen MR) is 63.8 cm³/mol. The van der Waals surface area contributed by atoms with E-state index in [2.05, 4.69) is 25.9 Å². The van der Waals surface area contributed by atoms with Gasteiger partial charge in [-0.3, -0.25) is 4.68 Å². The molecule has 0 fully saturated rings. The normalized spacial score (nSPS) is 12.3. The zero-order chi connectivity index (χ0) is 11.2. The quantitative estimate of drug-likeness (QED) is 0.668. The second-order valence-electron chi connectivity index (χ2n) is 4.96. The van der Waals surface area contributed by atoms with Gasteiger partial charge in [-0.15, -0.1) is 0 Å². The highest BCUT2D eigenvalue weighted by molar-refractivity contribution is 5.93. The first-order chi connectivity index (χ1) is 6.91. The molecule has 0 bridgehead atoms. The minimum absolute atomic E-state index is 0.0545. The van der Waals surface area contributed by atoms with Gasteiger partial charge in [0.05, 0.1) is 11.2 Å². The lowest BCUT2D eigenvalue weighted by molar-refractivity contribution is 0.528. The molecule has 2 N–H and O–H groups in total. The highest BCUT2D eigenvalue weighted by Gasteiger charge is 2.23. The topological polar surface area (TPSA) is 43.8 Å². The zero-order valence-corrected chi connectivity index (χ0v) is 9.70. The summed E-state index contributed by atoms with van der Waals surface area (Å²) in [6.45, 7) is 6.53. The third-order valence-electron chi connectivity index (χ3n) is 2.60. The van der Waals surface area contributed by atoms with E-state index in [0.29, 0.717) is 0 Å². The summed E-state index contributed by atoms with van der Waals surface area (Å²) in [7, 11) is 1.97. The molecule has 3 heteroatoms. The standard InChI is InChI=1S/C12H17N3/c1-12(2,3)11-10-8(13)6-5-7-9(10)14-15(11)4/h5-7H,13H2,1-4H3. The van der Waals surface area contributed by atoms with Crippen molar-refractivity contribution in [1.29, 1.82) is 0 Å². The Morgan fingerprint density at radius 3 is 2.53 bits per heavy atom. The van der Waals surface area contributed by atoms with Crippen LogP contribution < -0.4 is 5.73 Å². The molecule has 15 heavy (non-hydrogen) atoms. The fourth-order valence-electron chi connectivity index (χ4n) is 2.13. The maximum absolute atomic E-state index is 6.01. The number of nitrogen functional groups attached to an aromatic ring is 1. The van der Waals surface area contributed by atoms with Crippen LogP contribution in [0.15, 0.2) is 18.2 Å². The molecule has 1 heterocycles. The molecular weight excluding hydrogens is 186 g/mol. The van der Waals surface area contributed by atoms with Crippen LogP contribution in [0.4, 0.5) is 5.69 Å². The number of nitrogens with two attached hydrogens (primary N) is 1. The van der Waals surface area contributed by atoms with Crippen molar-refractivity contribution in [2.75, 3.05) is 5.73 Å².